The van der Waals surface area contributed by atoms with E-state index >= 15 is 0 Å². The minimum Gasteiger partial charge on any atom is -0.465 e. The fourth-order valence-electron chi connectivity index (χ4n) is 2.94. The lowest BCUT2D eigenvalue weighted by atomic mass is 9.90. The molecule has 1 aromatic heterocycles. The van der Waals surface area contributed by atoms with Crippen LogP contribution in [0, 0.1) is 5.92 Å². The number of amides is 2. The number of carbonyl (C=O) groups is 3. The van der Waals surface area contributed by atoms with Crippen molar-refractivity contribution < 1.29 is 19.1 Å². The van der Waals surface area contributed by atoms with Crippen LogP contribution in [-0.2, 0) is 9.53 Å². The number of methoxy groups -OCH3 is 1. The van der Waals surface area contributed by atoms with Crippen molar-refractivity contribution in [2.75, 3.05) is 12.4 Å². The number of rotatable bonds is 5. The van der Waals surface area contributed by atoms with Gasteiger partial charge in [0.2, 0.25) is 5.91 Å². The highest BCUT2D eigenvalue weighted by Gasteiger charge is 2.24. The molecule has 1 aliphatic heterocycles. The Morgan fingerprint density at radius 2 is 2.00 bits per heavy atom. The summed E-state index contributed by atoms with van der Waals surface area (Å²) in [5.74, 6) is -0.987. The highest BCUT2D eigenvalue weighted by Crippen LogP contribution is 2.21. The van der Waals surface area contributed by atoms with Crippen molar-refractivity contribution >= 4 is 29.2 Å². The molecular formula is C20H20N4O4. The van der Waals surface area contributed by atoms with Crippen molar-refractivity contribution in [1.29, 1.82) is 0 Å². The Morgan fingerprint density at radius 1 is 1.25 bits per heavy atom. The van der Waals surface area contributed by atoms with Crippen LogP contribution in [-0.4, -0.2) is 35.6 Å². The van der Waals surface area contributed by atoms with Gasteiger partial charge in [0.1, 0.15) is 5.69 Å². The summed E-state index contributed by atoms with van der Waals surface area (Å²) in [6, 6.07) is 10.0. The first-order valence-electron chi connectivity index (χ1n) is 8.84. The van der Waals surface area contributed by atoms with Gasteiger partial charge in [0.15, 0.2) is 0 Å². The molecule has 2 amide bonds. The average molecular weight is 380 g/mol. The highest BCUT2D eigenvalue weighted by molar-refractivity contribution is 6.07. The SMILES string of the molecule is CCC1CC(=O)NN=C1c1ccc(NC(=O)c2cc(C(=O)OC)ccn2)cc1. The van der Waals surface area contributed by atoms with Crippen molar-refractivity contribution in [3.8, 4) is 0 Å². The van der Waals surface area contributed by atoms with Crippen LogP contribution >= 0.6 is 0 Å². The summed E-state index contributed by atoms with van der Waals surface area (Å²) in [7, 11) is 1.27. The standard InChI is InChI=1S/C20H20N4O4/c1-3-12-11-17(25)23-24-18(12)13-4-6-15(7-5-13)22-19(26)16-10-14(8-9-21-16)20(27)28-2/h4-10,12H,3,11H2,1-2H3,(H,22,26)(H,23,25). The molecule has 144 valence electrons. The van der Waals surface area contributed by atoms with Gasteiger partial charge in [0.05, 0.1) is 18.4 Å². The molecule has 28 heavy (non-hydrogen) atoms. The van der Waals surface area contributed by atoms with E-state index in [1.54, 1.807) is 12.1 Å². The van der Waals surface area contributed by atoms with E-state index < -0.39 is 11.9 Å². The Balaban J connectivity index is 1.73. The fraction of sp³-hybridized carbons (Fsp3) is 0.250. The molecule has 0 saturated carbocycles. The van der Waals surface area contributed by atoms with Crippen LogP contribution in [0.15, 0.2) is 47.7 Å². The Bertz CT molecular complexity index is 937. The second kappa shape index (κ2) is 8.43. The number of nitrogens with one attached hydrogen (secondary N) is 2. The zero-order valence-electron chi connectivity index (χ0n) is 15.6. The average Bonchev–Trinajstić information content (AvgIpc) is 2.73. The largest absolute Gasteiger partial charge is 0.465 e. The minimum absolute atomic E-state index is 0.0689. The van der Waals surface area contributed by atoms with Crippen LogP contribution in [0.5, 0.6) is 0 Å². The number of ether oxygens (including phenoxy) is 1. The van der Waals surface area contributed by atoms with Crippen molar-refractivity contribution in [3.05, 3.63) is 59.4 Å². The monoisotopic (exact) mass is 380 g/mol. The summed E-state index contributed by atoms with van der Waals surface area (Å²) in [6.45, 7) is 2.02. The molecule has 8 heteroatoms. The second-order valence-electron chi connectivity index (χ2n) is 6.29. The van der Waals surface area contributed by atoms with Gasteiger partial charge in [-0.2, -0.15) is 5.10 Å². The normalized spacial score (nSPS) is 16.0. The molecule has 0 fully saturated rings. The first-order valence-corrected chi connectivity index (χ1v) is 8.84. The van der Waals surface area contributed by atoms with Gasteiger partial charge in [-0.05, 0) is 36.2 Å². The van der Waals surface area contributed by atoms with E-state index in [0.29, 0.717) is 12.1 Å². The van der Waals surface area contributed by atoms with Gasteiger partial charge in [-0.15, -0.1) is 0 Å². The molecule has 2 heterocycles. The van der Waals surface area contributed by atoms with Crippen LogP contribution in [0.4, 0.5) is 5.69 Å². The predicted molar refractivity (Wildman–Crippen MR) is 103 cm³/mol. The third kappa shape index (κ3) is 4.22. The van der Waals surface area contributed by atoms with Crippen molar-refractivity contribution in [2.24, 2.45) is 11.0 Å². The molecule has 0 spiro atoms. The molecule has 8 nitrogen and oxygen atoms in total. The predicted octanol–water partition coefficient (Wildman–Crippen LogP) is 2.37. The zero-order chi connectivity index (χ0) is 20.1. The van der Waals surface area contributed by atoms with E-state index in [4.69, 9.17) is 0 Å². The van der Waals surface area contributed by atoms with Gasteiger partial charge in [-0.1, -0.05) is 19.1 Å². The summed E-state index contributed by atoms with van der Waals surface area (Å²) in [5.41, 5.74) is 5.16. The number of carbonyl (C=O) groups excluding carboxylic acids is 3. The lowest BCUT2D eigenvalue weighted by molar-refractivity contribution is -0.122. The molecule has 3 rings (SSSR count). The molecule has 1 aliphatic rings. The summed E-state index contributed by atoms with van der Waals surface area (Å²) in [5, 5.41) is 6.92. The number of anilines is 1. The molecule has 0 aliphatic carbocycles. The van der Waals surface area contributed by atoms with Crippen LogP contribution in [0.3, 0.4) is 0 Å². The number of esters is 1. The lowest BCUT2D eigenvalue weighted by Crippen LogP contribution is -2.33. The maximum absolute atomic E-state index is 12.4. The summed E-state index contributed by atoms with van der Waals surface area (Å²) in [6.07, 6.45) is 2.60. The summed E-state index contributed by atoms with van der Waals surface area (Å²) >= 11 is 0. The first-order chi connectivity index (χ1) is 13.5. The topological polar surface area (TPSA) is 110 Å². The number of hydrogen-bond donors (Lipinski definition) is 2. The van der Waals surface area contributed by atoms with Gasteiger partial charge >= 0.3 is 5.97 Å². The quantitative estimate of drug-likeness (QED) is 0.774. The molecule has 0 bridgehead atoms. The molecular weight excluding hydrogens is 360 g/mol. The molecule has 0 saturated heterocycles. The second-order valence-corrected chi connectivity index (χ2v) is 6.29. The van der Waals surface area contributed by atoms with Crippen LogP contribution in [0.1, 0.15) is 46.2 Å². The molecule has 0 radical (unpaired) electrons. The summed E-state index contributed by atoms with van der Waals surface area (Å²) in [4.78, 5) is 39.5. The smallest absolute Gasteiger partial charge is 0.337 e. The van der Waals surface area contributed by atoms with Gasteiger partial charge in [0, 0.05) is 24.2 Å². The van der Waals surface area contributed by atoms with Crippen LogP contribution < -0.4 is 10.7 Å². The van der Waals surface area contributed by atoms with E-state index in [2.05, 4.69) is 25.6 Å². The first kappa shape index (κ1) is 19.2. The third-order valence-electron chi connectivity index (χ3n) is 4.46. The van der Waals surface area contributed by atoms with E-state index in [1.807, 2.05) is 19.1 Å². The minimum atomic E-state index is -0.536. The number of aromatic nitrogens is 1. The van der Waals surface area contributed by atoms with E-state index in [9.17, 15) is 14.4 Å². The van der Waals surface area contributed by atoms with Gasteiger partial charge < -0.3 is 10.1 Å². The van der Waals surface area contributed by atoms with Gasteiger partial charge in [-0.3, -0.25) is 14.6 Å². The molecule has 1 atom stereocenters. The van der Waals surface area contributed by atoms with Crippen LogP contribution in [0.25, 0.3) is 0 Å². The maximum atomic E-state index is 12.4. The molecule has 2 aromatic rings. The van der Waals surface area contributed by atoms with Crippen LogP contribution in [0.2, 0.25) is 0 Å². The number of hydrazone groups is 1. The Morgan fingerprint density at radius 3 is 2.68 bits per heavy atom. The number of hydrogen-bond acceptors (Lipinski definition) is 6. The lowest BCUT2D eigenvalue weighted by Gasteiger charge is -2.21. The number of pyridine rings is 1. The van der Waals surface area contributed by atoms with Gasteiger partial charge in [0.25, 0.3) is 5.91 Å². The number of benzene rings is 1. The van der Waals surface area contributed by atoms with Gasteiger partial charge in [-0.25, -0.2) is 10.2 Å². The Labute approximate surface area is 162 Å². The van der Waals surface area contributed by atoms with E-state index in [0.717, 1.165) is 17.7 Å². The molecule has 2 N–H and O–H groups in total. The summed E-state index contributed by atoms with van der Waals surface area (Å²) < 4.78 is 4.65. The fourth-order valence-corrected chi connectivity index (χ4v) is 2.94. The third-order valence-corrected chi connectivity index (χ3v) is 4.46. The van der Waals surface area contributed by atoms with Crippen molar-refractivity contribution in [3.63, 3.8) is 0 Å². The highest BCUT2D eigenvalue weighted by atomic mass is 16.5. The molecule has 1 unspecified atom stereocenters. The van der Waals surface area contributed by atoms with E-state index in [-0.39, 0.29) is 23.1 Å². The Kier molecular flexibility index (Phi) is 5.78. The molecule has 1 aromatic carbocycles. The van der Waals surface area contributed by atoms with E-state index in [1.165, 1.54) is 25.4 Å². The van der Waals surface area contributed by atoms with Crippen molar-refractivity contribution in [2.45, 2.75) is 19.8 Å². The van der Waals surface area contributed by atoms with Crippen molar-refractivity contribution in [1.82, 2.24) is 10.4 Å². The Hall–Kier alpha value is -3.55. The maximum Gasteiger partial charge on any atom is 0.337 e. The zero-order valence-corrected chi connectivity index (χ0v) is 15.6. The number of nitrogens with zero attached hydrogens (tertiary/aromatic N) is 2.